The van der Waals surface area contributed by atoms with Gasteiger partial charge in [0.2, 0.25) is 0 Å². The SMILES string of the molecule is CC(=O)O.O=O.c1[nH]nn[c]1[Cd][c]1c[nH]nn1. The molecule has 2 aromatic rings. The summed E-state index contributed by atoms with van der Waals surface area (Å²) in [5.74, 6) is -0.833. The molecule has 0 amide bonds. The van der Waals surface area contributed by atoms with E-state index in [4.69, 9.17) is 19.8 Å². The second-order valence-electron chi connectivity index (χ2n) is 2.63. The van der Waals surface area contributed by atoms with Crippen LogP contribution in [0.4, 0.5) is 0 Å². The molecular formula is C6H8CdN6O4. The number of hydrogen-bond donors (Lipinski definition) is 3. The standard InChI is InChI=1S/2C2H2N3.C2H4O2.Cd.O2/c2*1-2-4-5-3-1;1-2(3)4;;1-2/h2*1H,(H,3,4,5);1H3,(H,3,4);;. The number of H-pyrrole nitrogens is 2. The number of aromatic nitrogens is 6. The molecule has 2 rings (SSSR count). The van der Waals surface area contributed by atoms with Crippen LogP contribution in [0.1, 0.15) is 6.92 Å². The third-order valence-corrected chi connectivity index (χ3v) is 5.34. The predicted octanol–water partition coefficient (Wildman–Crippen LogP) is -1.89. The molecule has 3 N–H and O–H groups in total. The van der Waals surface area contributed by atoms with E-state index >= 15 is 0 Å². The van der Waals surface area contributed by atoms with Crippen LogP contribution in [0.3, 0.4) is 0 Å². The molecule has 0 radical (unpaired) electrons. The summed E-state index contributed by atoms with van der Waals surface area (Å²) in [6.45, 7) is 1.08. The predicted molar refractivity (Wildman–Crippen MR) is 52.1 cm³/mol. The van der Waals surface area contributed by atoms with Crippen LogP contribution >= 0.6 is 0 Å². The van der Waals surface area contributed by atoms with Gasteiger partial charge in [-0.25, -0.2) is 0 Å². The Morgan fingerprint density at radius 1 is 1.18 bits per heavy atom. The van der Waals surface area contributed by atoms with Gasteiger partial charge in [-0.1, -0.05) is 0 Å². The summed E-state index contributed by atoms with van der Waals surface area (Å²) in [6.07, 6.45) is 3.65. The van der Waals surface area contributed by atoms with Gasteiger partial charge in [-0.3, -0.25) is 4.79 Å². The second-order valence-corrected chi connectivity index (χ2v) is 7.77. The number of nitrogens with zero attached hydrogens (tertiary/aromatic N) is 4. The first-order valence-electron chi connectivity index (χ1n) is 4.25. The number of nitrogens with one attached hydrogen (secondary N) is 2. The quantitative estimate of drug-likeness (QED) is 0.536. The minimum absolute atomic E-state index is 0.833. The van der Waals surface area contributed by atoms with Crippen LogP contribution in [0.2, 0.25) is 0 Å². The zero-order valence-corrected chi connectivity index (χ0v) is 12.9. The van der Waals surface area contributed by atoms with Crippen molar-refractivity contribution in [3.8, 4) is 0 Å². The third kappa shape index (κ3) is 8.12. The van der Waals surface area contributed by atoms with Crippen molar-refractivity contribution < 1.29 is 34.1 Å². The van der Waals surface area contributed by atoms with E-state index in [1.807, 2.05) is 12.4 Å². The van der Waals surface area contributed by atoms with Crippen molar-refractivity contribution in [2.75, 3.05) is 0 Å². The number of aromatic amines is 2. The van der Waals surface area contributed by atoms with Crippen LogP contribution in [-0.4, -0.2) is 41.9 Å². The van der Waals surface area contributed by atoms with Gasteiger partial charge < -0.3 is 5.11 Å². The maximum absolute atomic E-state index is 9.00. The zero-order chi connectivity index (χ0) is 13.1. The first kappa shape index (κ1) is 15.3. The molecule has 0 aliphatic rings. The first-order chi connectivity index (χ1) is 8.18. The second kappa shape index (κ2) is 9.49. The van der Waals surface area contributed by atoms with Crippen LogP contribution in [0, 0.1) is 9.93 Å². The number of carbonyl (C=O) groups is 1. The maximum atomic E-state index is 9.00. The summed E-state index contributed by atoms with van der Waals surface area (Å²) in [6, 6.07) is 0. The Morgan fingerprint density at radius 3 is 1.76 bits per heavy atom. The number of rotatable bonds is 2. The average Bonchev–Trinajstić information content (AvgIpc) is 2.94. The van der Waals surface area contributed by atoms with Gasteiger partial charge in [0.15, 0.2) is 0 Å². The molecule has 0 aliphatic carbocycles. The van der Waals surface area contributed by atoms with E-state index < -0.39 is 30.2 Å². The van der Waals surface area contributed by atoms with E-state index in [1.165, 1.54) is 0 Å². The summed E-state index contributed by atoms with van der Waals surface area (Å²) < 4.78 is 2.14. The van der Waals surface area contributed by atoms with Crippen molar-refractivity contribution in [2.24, 2.45) is 0 Å². The molecule has 2 aromatic heterocycles. The molecule has 0 aliphatic heterocycles. The fourth-order valence-electron chi connectivity index (χ4n) is 0.809. The molecule has 0 saturated carbocycles. The molecule has 11 heteroatoms. The van der Waals surface area contributed by atoms with Crippen molar-refractivity contribution in [1.82, 2.24) is 30.8 Å². The fraction of sp³-hybridized carbons (Fsp3) is 0.167. The van der Waals surface area contributed by atoms with Gasteiger partial charge >= 0.3 is 74.0 Å². The van der Waals surface area contributed by atoms with Gasteiger partial charge in [-0.05, 0) is 0 Å². The number of hydrogen-bond acceptors (Lipinski definition) is 7. The van der Waals surface area contributed by atoms with Gasteiger partial charge in [-0.2, -0.15) is 0 Å². The van der Waals surface area contributed by atoms with Crippen LogP contribution in [0.15, 0.2) is 12.4 Å². The molecule has 0 saturated heterocycles. The van der Waals surface area contributed by atoms with E-state index in [0.717, 1.165) is 13.4 Å². The van der Waals surface area contributed by atoms with E-state index in [-0.39, 0.29) is 0 Å². The van der Waals surface area contributed by atoms with Crippen molar-refractivity contribution in [3.63, 3.8) is 0 Å². The van der Waals surface area contributed by atoms with Gasteiger partial charge in [-0.15, -0.1) is 0 Å². The topological polar surface area (TPSA) is 155 Å². The molecule has 2 heterocycles. The normalized spacial score (nSPS) is 7.82. The van der Waals surface area contributed by atoms with E-state index in [0.29, 0.717) is 0 Å². The summed E-state index contributed by atoms with van der Waals surface area (Å²) in [7, 11) is 0. The van der Waals surface area contributed by atoms with Crippen LogP contribution in [-0.2, 0) is 29.0 Å². The molecule has 0 spiro atoms. The van der Waals surface area contributed by atoms with Crippen molar-refractivity contribution >= 4 is 12.5 Å². The molecule has 17 heavy (non-hydrogen) atoms. The molecule has 0 fully saturated rings. The summed E-state index contributed by atoms with van der Waals surface area (Å²) in [4.78, 5) is 23.0. The van der Waals surface area contributed by atoms with Crippen molar-refractivity contribution in [2.45, 2.75) is 6.92 Å². The molecule has 0 atom stereocenters. The van der Waals surface area contributed by atoms with Gasteiger partial charge in [0.1, 0.15) is 0 Å². The Hall–Kier alpha value is -1.73. The van der Waals surface area contributed by atoms with Crippen LogP contribution in [0.5, 0.6) is 0 Å². The Morgan fingerprint density at radius 2 is 1.53 bits per heavy atom. The third-order valence-electron chi connectivity index (χ3n) is 1.30. The molecule has 0 aromatic carbocycles. The minimum atomic E-state index is -1.18. The fourth-order valence-corrected chi connectivity index (χ4v) is 3.78. The summed E-state index contributed by atoms with van der Waals surface area (Å²) in [5.41, 5.74) is 0. The van der Waals surface area contributed by atoms with Crippen molar-refractivity contribution in [1.29, 1.82) is 0 Å². The van der Waals surface area contributed by atoms with Gasteiger partial charge in [0, 0.05) is 16.9 Å². The zero-order valence-electron chi connectivity index (χ0n) is 8.82. The Labute approximate surface area is 107 Å². The molecular weight excluding hydrogens is 333 g/mol. The van der Waals surface area contributed by atoms with Gasteiger partial charge in [0.05, 0.1) is 0 Å². The van der Waals surface area contributed by atoms with E-state index in [9.17, 15) is 0 Å². The summed E-state index contributed by atoms with van der Waals surface area (Å²) >= 11 is -1.18. The van der Waals surface area contributed by atoms with E-state index in [2.05, 4.69) is 30.8 Å². The number of aliphatic carboxylic acids is 1. The average molecular weight is 341 g/mol. The summed E-state index contributed by atoms with van der Waals surface area (Å²) in [5, 5.41) is 27.8. The molecule has 0 unspecified atom stereocenters. The number of carboxylic acid groups (broad SMARTS) is 1. The first-order valence-corrected chi connectivity index (χ1v) is 8.29. The molecule has 10 nitrogen and oxygen atoms in total. The Kier molecular flexibility index (Phi) is 8.53. The molecule has 0 bridgehead atoms. The van der Waals surface area contributed by atoms with Crippen molar-refractivity contribution in [3.05, 3.63) is 22.3 Å². The molecule has 88 valence electrons. The van der Waals surface area contributed by atoms with Gasteiger partial charge in [0.25, 0.3) is 5.97 Å². The number of carboxylic acids is 1. The van der Waals surface area contributed by atoms with Crippen LogP contribution < -0.4 is 6.51 Å². The monoisotopic (exact) mass is 342 g/mol. The Bertz CT molecular complexity index is 368. The Balaban J connectivity index is 0.000000368. The van der Waals surface area contributed by atoms with Crippen LogP contribution in [0.25, 0.3) is 0 Å². The van der Waals surface area contributed by atoms with E-state index in [1.54, 1.807) is 0 Å².